The molecule has 0 aliphatic rings. The van der Waals surface area contributed by atoms with Crippen LogP contribution >= 0.6 is 35.7 Å². The lowest BCUT2D eigenvalue weighted by Gasteiger charge is -2.21. The van der Waals surface area contributed by atoms with Crippen molar-refractivity contribution in [1.29, 1.82) is 0 Å². The first-order valence-electron chi connectivity index (χ1n) is 10.4. The van der Waals surface area contributed by atoms with E-state index in [2.05, 4.69) is 64.3 Å². The summed E-state index contributed by atoms with van der Waals surface area (Å²) < 4.78 is 8.05. The zero-order chi connectivity index (χ0) is 20.9. The van der Waals surface area contributed by atoms with Gasteiger partial charge in [0.25, 0.3) is 0 Å². The van der Waals surface area contributed by atoms with Crippen molar-refractivity contribution in [2.24, 2.45) is 16.8 Å². The summed E-state index contributed by atoms with van der Waals surface area (Å²) >= 11 is 1.66. The molecule has 2 N–H and O–H groups in total. The van der Waals surface area contributed by atoms with Gasteiger partial charge in [-0.3, -0.25) is 4.99 Å². The van der Waals surface area contributed by atoms with Crippen LogP contribution in [-0.4, -0.2) is 59.8 Å². The predicted molar refractivity (Wildman–Crippen MR) is 135 cm³/mol. The second kappa shape index (κ2) is 16.2. The van der Waals surface area contributed by atoms with Gasteiger partial charge in [0, 0.05) is 39.7 Å². The summed E-state index contributed by atoms with van der Waals surface area (Å²) in [6.07, 6.45) is 5.20. The number of hydrogen-bond acceptors (Lipinski definition) is 5. The van der Waals surface area contributed by atoms with E-state index in [1.165, 1.54) is 0 Å². The highest BCUT2D eigenvalue weighted by atomic mass is 127. The van der Waals surface area contributed by atoms with Crippen LogP contribution in [0.2, 0.25) is 0 Å². The van der Waals surface area contributed by atoms with E-state index in [4.69, 9.17) is 4.74 Å². The summed E-state index contributed by atoms with van der Waals surface area (Å²) in [6, 6.07) is 0. The zero-order valence-corrected chi connectivity index (χ0v) is 22.3. The van der Waals surface area contributed by atoms with E-state index in [1.54, 1.807) is 11.8 Å². The highest BCUT2D eigenvalue weighted by molar-refractivity contribution is 14.0. The Balaban J connectivity index is 0.00000784. The van der Waals surface area contributed by atoms with Gasteiger partial charge in [0.1, 0.15) is 5.82 Å². The first-order chi connectivity index (χ1) is 13.4. The molecule has 1 atom stereocenters. The summed E-state index contributed by atoms with van der Waals surface area (Å²) in [7, 11) is 1.81. The minimum Gasteiger partial charge on any atom is -0.378 e. The molecule has 7 nitrogen and oxygen atoms in total. The Bertz CT molecular complexity index is 579. The van der Waals surface area contributed by atoms with Gasteiger partial charge in [0.05, 0.1) is 6.10 Å². The Morgan fingerprint density at radius 1 is 1.17 bits per heavy atom. The number of aromatic nitrogens is 3. The topological polar surface area (TPSA) is 76.4 Å². The third-order valence-electron chi connectivity index (χ3n) is 4.46. The fraction of sp³-hybridized carbons (Fsp3) is 0.850. The number of nitrogens with one attached hydrogen (secondary N) is 2. The van der Waals surface area contributed by atoms with Crippen molar-refractivity contribution in [1.82, 2.24) is 25.4 Å². The molecule has 1 heterocycles. The van der Waals surface area contributed by atoms with Gasteiger partial charge < -0.3 is 19.9 Å². The largest absolute Gasteiger partial charge is 0.378 e. The molecule has 29 heavy (non-hydrogen) atoms. The van der Waals surface area contributed by atoms with Crippen LogP contribution in [0.4, 0.5) is 0 Å². The molecule has 1 aromatic rings. The van der Waals surface area contributed by atoms with Crippen LogP contribution in [0.5, 0.6) is 0 Å². The molecule has 1 rings (SSSR count). The van der Waals surface area contributed by atoms with Gasteiger partial charge in [-0.25, -0.2) is 0 Å². The molecule has 170 valence electrons. The highest BCUT2D eigenvalue weighted by Crippen LogP contribution is 2.16. The van der Waals surface area contributed by atoms with Gasteiger partial charge in [0.15, 0.2) is 11.1 Å². The van der Waals surface area contributed by atoms with Crippen molar-refractivity contribution in [3.63, 3.8) is 0 Å². The minimum atomic E-state index is 0. The van der Waals surface area contributed by atoms with Gasteiger partial charge in [-0.15, -0.1) is 34.2 Å². The smallest absolute Gasteiger partial charge is 0.190 e. The summed E-state index contributed by atoms with van der Waals surface area (Å²) in [6.45, 7) is 14.3. The van der Waals surface area contributed by atoms with Crippen molar-refractivity contribution in [3.05, 3.63) is 5.82 Å². The third kappa shape index (κ3) is 10.9. The van der Waals surface area contributed by atoms with Crippen molar-refractivity contribution in [3.8, 4) is 0 Å². The Morgan fingerprint density at radius 3 is 2.41 bits per heavy atom. The summed E-state index contributed by atoms with van der Waals surface area (Å²) in [5.74, 6) is 3.01. The van der Waals surface area contributed by atoms with Gasteiger partial charge in [-0.05, 0) is 37.9 Å². The Labute approximate surface area is 198 Å². The number of halogens is 1. The third-order valence-corrected chi connectivity index (χ3v) is 5.13. The number of rotatable bonds is 13. The Kier molecular flexibility index (Phi) is 15.9. The average molecular weight is 541 g/mol. The predicted octanol–water partition coefficient (Wildman–Crippen LogP) is 3.82. The van der Waals surface area contributed by atoms with E-state index in [0.29, 0.717) is 11.8 Å². The van der Waals surface area contributed by atoms with E-state index >= 15 is 0 Å². The van der Waals surface area contributed by atoms with Crippen molar-refractivity contribution < 1.29 is 4.74 Å². The fourth-order valence-electron chi connectivity index (χ4n) is 3.03. The maximum absolute atomic E-state index is 5.80. The molecule has 0 fully saturated rings. The van der Waals surface area contributed by atoms with E-state index in [9.17, 15) is 0 Å². The Morgan fingerprint density at radius 2 is 1.86 bits per heavy atom. The van der Waals surface area contributed by atoms with Crippen molar-refractivity contribution in [2.45, 2.75) is 71.7 Å². The molecule has 0 aliphatic heterocycles. The molecule has 0 saturated carbocycles. The van der Waals surface area contributed by atoms with E-state index in [0.717, 1.165) is 62.4 Å². The number of hydrogen-bond donors (Lipinski definition) is 2. The first kappa shape index (κ1) is 28.5. The van der Waals surface area contributed by atoms with E-state index in [1.807, 2.05) is 14.0 Å². The van der Waals surface area contributed by atoms with Crippen LogP contribution in [0, 0.1) is 11.8 Å². The fourth-order valence-corrected chi connectivity index (χ4v) is 3.56. The van der Waals surface area contributed by atoms with Gasteiger partial charge in [-0.2, -0.15) is 0 Å². The molecule has 9 heteroatoms. The van der Waals surface area contributed by atoms with Crippen molar-refractivity contribution in [2.75, 3.05) is 33.0 Å². The van der Waals surface area contributed by atoms with E-state index in [-0.39, 0.29) is 30.1 Å². The number of aryl methyl sites for hydroxylation is 1. The number of ether oxygens (including phenoxy) is 1. The first-order valence-corrected chi connectivity index (χ1v) is 11.7. The lowest BCUT2D eigenvalue weighted by molar-refractivity contribution is 0.0258. The zero-order valence-electron chi connectivity index (χ0n) is 19.2. The number of nitrogens with zero attached hydrogens (tertiary/aromatic N) is 4. The molecule has 0 bridgehead atoms. The van der Waals surface area contributed by atoms with Crippen LogP contribution in [0.15, 0.2) is 10.1 Å². The lowest BCUT2D eigenvalue weighted by Crippen LogP contribution is -2.39. The molecule has 1 unspecified atom stereocenters. The molecule has 0 spiro atoms. The normalized spacial score (nSPS) is 12.9. The standard InChI is InChI=1S/C20H40N6OS.HI/c1-8-27-17(16(4)5)11-13-23-19(21-6)22-12-9-10-18-24-25-20(28-7)26(18)14-15(2)3;/h15-17H,8-14H2,1-7H3,(H2,21,22,23);1H. The lowest BCUT2D eigenvalue weighted by atomic mass is 10.0. The molecule has 0 aliphatic carbocycles. The minimum absolute atomic E-state index is 0. The second-order valence-corrected chi connectivity index (χ2v) is 8.44. The number of guanidine groups is 1. The Hall–Kier alpha value is -0.550. The average Bonchev–Trinajstić information content (AvgIpc) is 3.03. The quantitative estimate of drug-likeness (QED) is 0.130. The summed E-state index contributed by atoms with van der Waals surface area (Å²) in [5.41, 5.74) is 0. The second-order valence-electron chi connectivity index (χ2n) is 7.66. The van der Waals surface area contributed by atoms with Crippen LogP contribution in [0.3, 0.4) is 0 Å². The molecule has 0 saturated heterocycles. The number of thioether (sulfide) groups is 1. The molecule has 1 aromatic heterocycles. The molecular formula is C20H41IN6OS. The number of aliphatic imine (C=N–C) groups is 1. The van der Waals surface area contributed by atoms with Crippen LogP contribution in [0.25, 0.3) is 0 Å². The maximum atomic E-state index is 5.80. The van der Waals surface area contributed by atoms with Gasteiger partial charge in [-0.1, -0.05) is 39.5 Å². The molecule has 0 amide bonds. The molecule has 0 radical (unpaired) electrons. The highest BCUT2D eigenvalue weighted by Gasteiger charge is 2.14. The van der Waals surface area contributed by atoms with Crippen molar-refractivity contribution >= 4 is 41.7 Å². The van der Waals surface area contributed by atoms with Crippen LogP contribution in [-0.2, 0) is 17.7 Å². The maximum Gasteiger partial charge on any atom is 0.190 e. The SMILES string of the molecule is CCOC(CCNC(=NC)NCCCc1nnc(SC)n1CC(C)C)C(C)C.I. The van der Waals surface area contributed by atoms with Gasteiger partial charge in [0.2, 0.25) is 0 Å². The summed E-state index contributed by atoms with van der Waals surface area (Å²) in [5, 5.41) is 16.5. The summed E-state index contributed by atoms with van der Waals surface area (Å²) in [4.78, 5) is 4.31. The molecule has 0 aromatic carbocycles. The van der Waals surface area contributed by atoms with E-state index < -0.39 is 0 Å². The van der Waals surface area contributed by atoms with Gasteiger partial charge >= 0.3 is 0 Å². The van der Waals surface area contributed by atoms with Crippen LogP contribution < -0.4 is 10.6 Å². The monoisotopic (exact) mass is 540 g/mol. The van der Waals surface area contributed by atoms with Crippen LogP contribution in [0.1, 0.15) is 53.3 Å². The molecular weight excluding hydrogens is 499 g/mol.